The van der Waals surface area contributed by atoms with Gasteiger partial charge in [-0.25, -0.2) is 4.79 Å². The highest BCUT2D eigenvalue weighted by molar-refractivity contribution is 9.10. The summed E-state index contributed by atoms with van der Waals surface area (Å²) in [4.78, 5) is 11.8. The summed E-state index contributed by atoms with van der Waals surface area (Å²) in [6.45, 7) is 3.80. The molecular weight excluding hydrogens is 403 g/mol. The van der Waals surface area contributed by atoms with Gasteiger partial charge in [0.25, 0.3) is 0 Å². The Bertz CT molecular complexity index is 764. The smallest absolute Gasteiger partial charge is 0.406 e. The number of benzene rings is 2. The fourth-order valence-corrected chi connectivity index (χ4v) is 2.33. The van der Waals surface area contributed by atoms with E-state index in [9.17, 15) is 18.0 Å². The Morgan fingerprint density at radius 2 is 1.68 bits per heavy atom. The lowest BCUT2D eigenvalue weighted by Crippen LogP contribution is -2.39. The first-order valence-electron chi connectivity index (χ1n) is 6.87. The minimum absolute atomic E-state index is 0.292. The average molecular weight is 416 g/mol. The zero-order valence-electron chi connectivity index (χ0n) is 12.7. The van der Waals surface area contributed by atoms with Gasteiger partial charge in [-0.15, -0.1) is 13.2 Å². The van der Waals surface area contributed by atoms with E-state index in [1.54, 1.807) is 6.07 Å². The highest BCUT2D eigenvalue weighted by Gasteiger charge is 2.30. The minimum Gasteiger partial charge on any atom is -0.406 e. The Morgan fingerprint density at radius 1 is 1.04 bits per heavy atom. The van der Waals surface area contributed by atoms with E-state index in [0.29, 0.717) is 11.4 Å². The minimum atomic E-state index is -4.76. The summed E-state index contributed by atoms with van der Waals surface area (Å²) in [6.07, 6.45) is -4.76. The van der Waals surface area contributed by atoms with E-state index in [4.69, 9.17) is 0 Å². The van der Waals surface area contributed by atoms with Crippen molar-refractivity contribution in [2.75, 3.05) is 5.32 Å². The van der Waals surface area contributed by atoms with Gasteiger partial charge in [-0.3, -0.25) is 10.9 Å². The highest BCUT2D eigenvalue weighted by atomic mass is 79.9. The second kappa shape index (κ2) is 7.93. The van der Waals surface area contributed by atoms with Crippen LogP contribution in [0.5, 0.6) is 5.75 Å². The number of hydrogen-bond acceptors (Lipinski definition) is 3. The molecule has 0 atom stereocenters. The van der Waals surface area contributed by atoms with E-state index >= 15 is 0 Å². The monoisotopic (exact) mass is 415 g/mol. The Morgan fingerprint density at radius 3 is 2.28 bits per heavy atom. The SMILES string of the molecule is C=C(NNC(=O)Nc1ccc(OC(F)(F)F)cc1)c1ccccc1Br. The van der Waals surface area contributed by atoms with E-state index in [-0.39, 0.29) is 5.75 Å². The molecule has 0 saturated heterocycles. The van der Waals surface area contributed by atoms with Crippen molar-refractivity contribution in [1.29, 1.82) is 0 Å². The third-order valence-corrected chi connectivity index (χ3v) is 3.56. The Kier molecular flexibility index (Phi) is 5.92. The van der Waals surface area contributed by atoms with Crippen LogP contribution in [0, 0.1) is 0 Å². The fraction of sp³-hybridized carbons (Fsp3) is 0.0625. The fourth-order valence-electron chi connectivity index (χ4n) is 1.81. The lowest BCUT2D eigenvalue weighted by atomic mass is 10.2. The molecule has 25 heavy (non-hydrogen) atoms. The molecule has 0 aliphatic heterocycles. The van der Waals surface area contributed by atoms with Crippen LogP contribution in [-0.2, 0) is 0 Å². The molecule has 0 bridgehead atoms. The average Bonchev–Trinajstić information content (AvgIpc) is 2.53. The van der Waals surface area contributed by atoms with Crippen LogP contribution < -0.4 is 20.9 Å². The van der Waals surface area contributed by atoms with Crippen LogP contribution in [0.3, 0.4) is 0 Å². The van der Waals surface area contributed by atoms with Crippen molar-refractivity contribution in [3.05, 3.63) is 65.1 Å². The highest BCUT2D eigenvalue weighted by Crippen LogP contribution is 2.24. The van der Waals surface area contributed by atoms with Gasteiger partial charge >= 0.3 is 12.4 Å². The molecular formula is C16H13BrF3N3O2. The number of ether oxygens (including phenoxy) is 1. The van der Waals surface area contributed by atoms with E-state index in [0.717, 1.165) is 22.2 Å². The summed E-state index contributed by atoms with van der Waals surface area (Å²) >= 11 is 3.36. The van der Waals surface area contributed by atoms with Crippen molar-refractivity contribution >= 4 is 33.3 Å². The first kappa shape index (κ1) is 18.7. The predicted molar refractivity (Wildman–Crippen MR) is 91.6 cm³/mol. The molecule has 5 nitrogen and oxygen atoms in total. The normalized spacial score (nSPS) is 10.7. The molecule has 3 N–H and O–H groups in total. The molecule has 0 fully saturated rings. The Hall–Kier alpha value is -2.68. The Balaban J connectivity index is 1.86. The van der Waals surface area contributed by atoms with Crippen molar-refractivity contribution in [3.8, 4) is 5.75 Å². The molecule has 0 unspecified atom stereocenters. The zero-order chi connectivity index (χ0) is 18.4. The maximum absolute atomic E-state index is 12.1. The molecule has 0 saturated carbocycles. The molecule has 0 spiro atoms. The lowest BCUT2D eigenvalue weighted by molar-refractivity contribution is -0.274. The predicted octanol–water partition coefficient (Wildman–Crippen LogP) is 4.64. The van der Waals surface area contributed by atoms with E-state index in [1.165, 1.54) is 12.1 Å². The molecule has 2 rings (SSSR count). The summed E-state index contributed by atoms with van der Waals surface area (Å²) in [7, 11) is 0. The van der Waals surface area contributed by atoms with E-state index < -0.39 is 12.4 Å². The van der Waals surface area contributed by atoms with Crippen molar-refractivity contribution in [2.24, 2.45) is 0 Å². The van der Waals surface area contributed by atoms with Gasteiger partial charge in [-0.05, 0) is 30.3 Å². The number of carbonyl (C=O) groups excluding carboxylic acids is 1. The van der Waals surface area contributed by atoms with Gasteiger partial charge in [0, 0.05) is 15.7 Å². The topological polar surface area (TPSA) is 62.4 Å². The number of amides is 2. The van der Waals surface area contributed by atoms with Crippen LogP contribution in [0.2, 0.25) is 0 Å². The number of rotatable bonds is 5. The van der Waals surface area contributed by atoms with Gasteiger partial charge in [0.05, 0.1) is 5.70 Å². The maximum Gasteiger partial charge on any atom is 0.573 e. The summed E-state index contributed by atoms with van der Waals surface area (Å²) < 4.78 is 40.8. The van der Waals surface area contributed by atoms with E-state index in [1.807, 2.05) is 18.2 Å². The van der Waals surface area contributed by atoms with Crippen LogP contribution in [-0.4, -0.2) is 12.4 Å². The molecule has 2 amide bonds. The number of carbonyl (C=O) groups is 1. The van der Waals surface area contributed by atoms with Crippen molar-refractivity contribution in [2.45, 2.75) is 6.36 Å². The molecule has 0 aromatic heterocycles. The van der Waals surface area contributed by atoms with Gasteiger partial charge in [-0.2, -0.15) is 0 Å². The van der Waals surface area contributed by atoms with Gasteiger partial charge in [0.2, 0.25) is 0 Å². The van der Waals surface area contributed by atoms with Crippen LogP contribution >= 0.6 is 15.9 Å². The number of halogens is 4. The largest absolute Gasteiger partial charge is 0.573 e. The second-order valence-electron chi connectivity index (χ2n) is 4.73. The maximum atomic E-state index is 12.1. The lowest BCUT2D eigenvalue weighted by Gasteiger charge is -2.13. The van der Waals surface area contributed by atoms with Crippen molar-refractivity contribution < 1.29 is 22.7 Å². The molecule has 0 radical (unpaired) electrons. The number of alkyl halides is 3. The molecule has 2 aromatic rings. The summed E-state index contributed by atoms with van der Waals surface area (Å²) in [5, 5.41) is 2.45. The van der Waals surface area contributed by atoms with Gasteiger partial charge in [0.1, 0.15) is 5.75 Å². The number of hydrazine groups is 1. The van der Waals surface area contributed by atoms with Crippen LogP contribution in [0.1, 0.15) is 5.56 Å². The number of hydrogen-bond donors (Lipinski definition) is 3. The summed E-state index contributed by atoms with van der Waals surface area (Å²) in [5.74, 6) is -0.376. The van der Waals surface area contributed by atoms with Crippen LogP contribution in [0.25, 0.3) is 5.70 Å². The van der Waals surface area contributed by atoms with E-state index in [2.05, 4.69) is 43.4 Å². The Labute approximate surface area is 150 Å². The van der Waals surface area contributed by atoms with Crippen LogP contribution in [0.4, 0.5) is 23.7 Å². The van der Waals surface area contributed by atoms with Gasteiger partial charge in [-0.1, -0.05) is 40.7 Å². The molecule has 132 valence electrons. The second-order valence-corrected chi connectivity index (χ2v) is 5.59. The zero-order valence-corrected chi connectivity index (χ0v) is 14.2. The van der Waals surface area contributed by atoms with Gasteiger partial charge < -0.3 is 10.1 Å². The molecule has 9 heteroatoms. The molecule has 2 aromatic carbocycles. The summed E-state index contributed by atoms with van der Waals surface area (Å²) in [6, 6.07) is 11.4. The number of anilines is 1. The third kappa shape index (κ3) is 6.03. The summed E-state index contributed by atoms with van der Waals surface area (Å²) in [5.41, 5.74) is 6.53. The molecule has 0 aliphatic rings. The molecule has 0 heterocycles. The quantitative estimate of drug-likeness (QED) is 0.623. The molecule has 0 aliphatic carbocycles. The number of nitrogens with one attached hydrogen (secondary N) is 3. The van der Waals surface area contributed by atoms with Gasteiger partial charge in [0.15, 0.2) is 0 Å². The third-order valence-electron chi connectivity index (χ3n) is 2.87. The standard InChI is InChI=1S/C16H13BrF3N3O2/c1-10(13-4-2-3-5-14(13)17)22-23-15(24)21-11-6-8-12(9-7-11)25-16(18,19)20/h2-9,22H,1H2,(H2,21,23,24). The first-order chi connectivity index (χ1) is 11.7. The first-order valence-corrected chi connectivity index (χ1v) is 7.66. The van der Waals surface area contributed by atoms with Crippen molar-refractivity contribution in [1.82, 2.24) is 10.9 Å². The number of urea groups is 1. The van der Waals surface area contributed by atoms with Crippen molar-refractivity contribution in [3.63, 3.8) is 0 Å². The van der Waals surface area contributed by atoms with Crippen LogP contribution in [0.15, 0.2) is 59.6 Å².